The molecule has 0 atom stereocenters. The zero-order chi connectivity index (χ0) is 23.0. The first-order valence-corrected chi connectivity index (χ1v) is 11.5. The summed E-state index contributed by atoms with van der Waals surface area (Å²) < 4.78 is 7.33. The van der Waals surface area contributed by atoms with E-state index >= 15 is 0 Å². The van der Waals surface area contributed by atoms with E-state index in [0.29, 0.717) is 46.2 Å². The Bertz CT molecular complexity index is 1310. The highest BCUT2D eigenvalue weighted by atomic mass is 32.2. The molecule has 4 aromatic rings. The van der Waals surface area contributed by atoms with Crippen molar-refractivity contribution in [3.8, 4) is 11.5 Å². The number of rotatable bonds is 9. The van der Waals surface area contributed by atoms with Crippen molar-refractivity contribution in [3.05, 3.63) is 89.2 Å². The SMILES string of the molecule is O=C(CSc1nc2ccccc2c(=O)n1CCCO)Nc1cccc(Oc2ccccc2)c1. The molecule has 0 bridgehead atoms. The number of carbonyl (C=O) groups excluding carboxylic acids is 1. The van der Waals surface area contributed by atoms with Gasteiger partial charge in [-0.3, -0.25) is 14.2 Å². The van der Waals surface area contributed by atoms with E-state index in [1.807, 2.05) is 42.5 Å². The maximum atomic E-state index is 12.9. The maximum Gasteiger partial charge on any atom is 0.262 e. The third-order valence-corrected chi connectivity index (χ3v) is 5.77. The van der Waals surface area contributed by atoms with Crippen LogP contribution in [0.4, 0.5) is 5.69 Å². The summed E-state index contributed by atoms with van der Waals surface area (Å²) in [7, 11) is 0. The highest BCUT2D eigenvalue weighted by Crippen LogP contribution is 2.24. The monoisotopic (exact) mass is 461 g/mol. The number of carbonyl (C=O) groups is 1. The van der Waals surface area contributed by atoms with Crippen LogP contribution in [-0.2, 0) is 11.3 Å². The van der Waals surface area contributed by atoms with E-state index in [-0.39, 0.29) is 23.8 Å². The first-order valence-electron chi connectivity index (χ1n) is 10.5. The summed E-state index contributed by atoms with van der Waals surface area (Å²) >= 11 is 1.19. The van der Waals surface area contributed by atoms with Gasteiger partial charge >= 0.3 is 0 Å². The molecule has 0 radical (unpaired) electrons. The maximum absolute atomic E-state index is 12.9. The van der Waals surface area contributed by atoms with Gasteiger partial charge in [0.1, 0.15) is 11.5 Å². The Labute approximate surface area is 195 Å². The summed E-state index contributed by atoms with van der Waals surface area (Å²) in [5.74, 6) is 1.17. The fraction of sp³-hybridized carbons (Fsp3) is 0.160. The quantitative estimate of drug-likeness (QED) is 0.285. The Hall–Kier alpha value is -3.62. The molecular weight excluding hydrogens is 438 g/mol. The van der Waals surface area contributed by atoms with Crippen molar-refractivity contribution in [1.29, 1.82) is 0 Å². The molecule has 33 heavy (non-hydrogen) atoms. The minimum absolute atomic E-state index is 0.0365. The van der Waals surface area contributed by atoms with E-state index < -0.39 is 0 Å². The Morgan fingerprint density at radius 1 is 1.00 bits per heavy atom. The van der Waals surface area contributed by atoms with Gasteiger partial charge in [0.15, 0.2) is 5.16 Å². The predicted molar refractivity (Wildman–Crippen MR) is 130 cm³/mol. The van der Waals surface area contributed by atoms with Crippen LogP contribution in [-0.4, -0.2) is 32.9 Å². The van der Waals surface area contributed by atoms with Crippen molar-refractivity contribution >= 4 is 34.3 Å². The van der Waals surface area contributed by atoms with E-state index in [1.54, 1.807) is 36.4 Å². The van der Waals surface area contributed by atoms with Gasteiger partial charge in [0.25, 0.3) is 5.56 Å². The minimum Gasteiger partial charge on any atom is -0.457 e. The number of nitrogens with zero attached hydrogens (tertiary/aromatic N) is 2. The number of amides is 1. The second kappa shape index (κ2) is 10.8. The molecule has 0 spiro atoms. The average molecular weight is 462 g/mol. The fourth-order valence-electron chi connectivity index (χ4n) is 3.27. The van der Waals surface area contributed by atoms with Crippen molar-refractivity contribution in [1.82, 2.24) is 9.55 Å². The first-order chi connectivity index (χ1) is 16.1. The Morgan fingerprint density at radius 3 is 2.58 bits per heavy atom. The van der Waals surface area contributed by atoms with Crippen LogP contribution in [0.15, 0.2) is 88.8 Å². The van der Waals surface area contributed by atoms with Gasteiger partial charge < -0.3 is 15.2 Å². The zero-order valence-corrected chi connectivity index (χ0v) is 18.6. The van der Waals surface area contributed by atoms with Crippen molar-refractivity contribution in [2.24, 2.45) is 0 Å². The van der Waals surface area contributed by atoms with Crippen LogP contribution >= 0.6 is 11.8 Å². The molecule has 1 amide bonds. The van der Waals surface area contributed by atoms with Crippen LogP contribution in [0.2, 0.25) is 0 Å². The van der Waals surface area contributed by atoms with Crippen LogP contribution in [0.25, 0.3) is 10.9 Å². The van der Waals surface area contributed by atoms with Crippen molar-refractivity contribution in [2.45, 2.75) is 18.1 Å². The van der Waals surface area contributed by atoms with Crippen molar-refractivity contribution in [2.75, 3.05) is 17.7 Å². The second-order valence-electron chi connectivity index (χ2n) is 7.23. The van der Waals surface area contributed by atoms with E-state index in [9.17, 15) is 14.7 Å². The Kier molecular flexibility index (Phi) is 7.39. The smallest absolute Gasteiger partial charge is 0.262 e. The van der Waals surface area contributed by atoms with Gasteiger partial charge in [-0.2, -0.15) is 0 Å². The molecule has 1 heterocycles. The molecule has 0 unspecified atom stereocenters. The molecule has 7 nitrogen and oxygen atoms in total. The van der Waals surface area contributed by atoms with Crippen LogP contribution in [0, 0.1) is 0 Å². The van der Waals surface area contributed by atoms with Crippen LogP contribution in [0.5, 0.6) is 11.5 Å². The molecule has 8 heteroatoms. The van der Waals surface area contributed by atoms with Crippen LogP contribution < -0.4 is 15.6 Å². The number of anilines is 1. The van der Waals surface area contributed by atoms with E-state index in [4.69, 9.17) is 4.74 Å². The molecular formula is C25H23N3O4S. The largest absolute Gasteiger partial charge is 0.457 e. The number of hydrogen-bond donors (Lipinski definition) is 2. The summed E-state index contributed by atoms with van der Waals surface area (Å²) in [6, 6.07) is 23.7. The van der Waals surface area contributed by atoms with Gasteiger partial charge in [0.05, 0.1) is 16.7 Å². The van der Waals surface area contributed by atoms with Gasteiger partial charge in [-0.05, 0) is 42.8 Å². The molecule has 0 aliphatic rings. The number of para-hydroxylation sites is 2. The Balaban J connectivity index is 1.46. The topological polar surface area (TPSA) is 93.5 Å². The molecule has 168 valence electrons. The molecule has 0 aliphatic carbocycles. The lowest BCUT2D eigenvalue weighted by Crippen LogP contribution is -2.24. The molecule has 0 saturated carbocycles. The van der Waals surface area contributed by atoms with E-state index in [0.717, 1.165) is 0 Å². The van der Waals surface area contributed by atoms with Gasteiger partial charge in [0.2, 0.25) is 5.91 Å². The number of hydrogen-bond acceptors (Lipinski definition) is 6. The molecule has 3 aromatic carbocycles. The van der Waals surface area contributed by atoms with E-state index in [1.165, 1.54) is 16.3 Å². The number of aromatic nitrogens is 2. The highest BCUT2D eigenvalue weighted by molar-refractivity contribution is 7.99. The van der Waals surface area contributed by atoms with Gasteiger partial charge in [-0.15, -0.1) is 0 Å². The fourth-order valence-corrected chi connectivity index (χ4v) is 4.10. The van der Waals surface area contributed by atoms with Gasteiger partial charge in [0, 0.05) is 24.9 Å². The summed E-state index contributed by atoms with van der Waals surface area (Å²) in [6.45, 7) is 0.293. The van der Waals surface area contributed by atoms with Gasteiger partial charge in [-0.1, -0.05) is 48.2 Å². The predicted octanol–water partition coefficient (Wildman–Crippen LogP) is 4.30. The van der Waals surface area contributed by atoms with Crippen LogP contribution in [0.3, 0.4) is 0 Å². The normalized spacial score (nSPS) is 10.8. The number of thioether (sulfide) groups is 1. The zero-order valence-electron chi connectivity index (χ0n) is 17.8. The average Bonchev–Trinajstić information content (AvgIpc) is 2.83. The highest BCUT2D eigenvalue weighted by Gasteiger charge is 2.13. The standard InChI is InChI=1S/C25H23N3O4S/c29-15-7-14-28-24(31)21-12-4-5-13-22(21)27-25(28)33-17-23(30)26-18-8-6-11-20(16-18)32-19-9-2-1-3-10-19/h1-6,8-13,16,29H,7,14-15,17H2,(H,26,30). The lowest BCUT2D eigenvalue weighted by Gasteiger charge is -2.13. The molecule has 0 fully saturated rings. The number of nitrogens with one attached hydrogen (secondary N) is 1. The lowest BCUT2D eigenvalue weighted by atomic mass is 10.2. The summed E-state index contributed by atoms with van der Waals surface area (Å²) in [5, 5.41) is 13.0. The third kappa shape index (κ3) is 5.79. The summed E-state index contributed by atoms with van der Waals surface area (Å²) in [5.41, 5.74) is 1.01. The van der Waals surface area contributed by atoms with Crippen LogP contribution in [0.1, 0.15) is 6.42 Å². The number of aliphatic hydroxyl groups is 1. The third-order valence-electron chi connectivity index (χ3n) is 4.80. The lowest BCUT2D eigenvalue weighted by molar-refractivity contribution is -0.113. The summed E-state index contributed by atoms with van der Waals surface area (Å²) in [6.07, 6.45) is 0.424. The number of fused-ring (bicyclic) bond motifs is 1. The number of benzene rings is 3. The molecule has 2 N–H and O–H groups in total. The second-order valence-corrected chi connectivity index (χ2v) is 8.17. The minimum atomic E-state index is -0.229. The molecule has 0 saturated heterocycles. The number of ether oxygens (including phenoxy) is 1. The Morgan fingerprint density at radius 2 is 1.76 bits per heavy atom. The van der Waals surface area contributed by atoms with Crippen molar-refractivity contribution in [3.63, 3.8) is 0 Å². The van der Waals surface area contributed by atoms with E-state index in [2.05, 4.69) is 10.3 Å². The summed E-state index contributed by atoms with van der Waals surface area (Å²) in [4.78, 5) is 30.1. The van der Waals surface area contributed by atoms with Gasteiger partial charge in [-0.25, -0.2) is 4.98 Å². The molecule has 4 rings (SSSR count). The molecule has 0 aliphatic heterocycles. The number of aliphatic hydroxyl groups excluding tert-OH is 1. The molecule has 1 aromatic heterocycles. The first kappa shape index (κ1) is 22.6. The van der Waals surface area contributed by atoms with Crippen molar-refractivity contribution < 1.29 is 14.6 Å².